The Kier molecular flexibility index (Phi) is 10.7. The molecule has 0 aromatic carbocycles. The van der Waals surface area contributed by atoms with Gasteiger partial charge in [-0.1, -0.05) is 52.0 Å². The third kappa shape index (κ3) is 11.1. The summed E-state index contributed by atoms with van der Waals surface area (Å²) in [4.78, 5) is 0. The number of unbranched alkanes of at least 4 members (excludes halogenated alkanes) is 6. The Balaban J connectivity index is 3.08. The number of allylic oxidation sites excluding steroid dienone is 1. The van der Waals surface area contributed by atoms with Crippen molar-refractivity contribution in [2.24, 2.45) is 5.10 Å². The van der Waals surface area contributed by atoms with E-state index in [-0.39, 0.29) is 0 Å². The van der Waals surface area contributed by atoms with Crippen molar-refractivity contribution in [2.75, 3.05) is 6.54 Å². The second kappa shape index (κ2) is 11.3. The molecule has 15 heavy (non-hydrogen) atoms. The second-order valence-corrected chi connectivity index (χ2v) is 3.99. The van der Waals surface area contributed by atoms with Gasteiger partial charge in [-0.3, -0.25) is 0 Å². The van der Waals surface area contributed by atoms with Gasteiger partial charge in [0.2, 0.25) is 0 Å². The Labute approximate surface area is 94.8 Å². The van der Waals surface area contributed by atoms with Gasteiger partial charge in [-0.25, -0.2) is 0 Å². The number of hydrogen-bond donors (Lipinski definition) is 1. The molecule has 0 aromatic heterocycles. The molecular formula is C13H26N2. The van der Waals surface area contributed by atoms with Crippen LogP contribution in [0.15, 0.2) is 17.8 Å². The minimum Gasteiger partial charge on any atom is -0.310 e. The van der Waals surface area contributed by atoms with Crippen LogP contribution in [0.1, 0.15) is 58.8 Å². The van der Waals surface area contributed by atoms with Crippen LogP contribution in [0.4, 0.5) is 0 Å². The average molecular weight is 210 g/mol. The summed E-state index contributed by atoms with van der Waals surface area (Å²) in [6.45, 7) is 8.83. The van der Waals surface area contributed by atoms with E-state index in [0.717, 1.165) is 12.3 Å². The molecule has 2 heteroatoms. The molecule has 0 saturated heterocycles. The van der Waals surface area contributed by atoms with Crippen molar-refractivity contribution in [2.45, 2.75) is 58.8 Å². The zero-order valence-corrected chi connectivity index (χ0v) is 10.4. The van der Waals surface area contributed by atoms with E-state index in [4.69, 9.17) is 0 Å². The molecular weight excluding hydrogens is 184 g/mol. The molecule has 0 radical (unpaired) electrons. The molecule has 0 bridgehead atoms. The van der Waals surface area contributed by atoms with Crippen molar-refractivity contribution in [1.29, 1.82) is 0 Å². The third-order valence-corrected chi connectivity index (χ3v) is 2.44. The van der Waals surface area contributed by atoms with Gasteiger partial charge in [-0.15, -0.1) is 0 Å². The number of nitrogens with one attached hydrogen (secondary N) is 1. The molecule has 1 N–H and O–H groups in total. The van der Waals surface area contributed by atoms with Crippen LogP contribution in [0.3, 0.4) is 0 Å². The summed E-state index contributed by atoms with van der Waals surface area (Å²) in [5.41, 5.74) is 4.01. The summed E-state index contributed by atoms with van der Waals surface area (Å²) in [7, 11) is 0. The van der Waals surface area contributed by atoms with Crippen molar-refractivity contribution in [3.05, 3.63) is 12.7 Å². The van der Waals surface area contributed by atoms with Crippen molar-refractivity contribution < 1.29 is 0 Å². The van der Waals surface area contributed by atoms with Crippen molar-refractivity contribution in [1.82, 2.24) is 5.43 Å². The van der Waals surface area contributed by atoms with Gasteiger partial charge in [-0.05, 0) is 19.4 Å². The lowest BCUT2D eigenvalue weighted by Crippen LogP contribution is -2.09. The highest BCUT2D eigenvalue weighted by atomic mass is 15.3. The molecule has 0 rings (SSSR count). The standard InChI is InChI=1S/C13H26N2/c1-4-6-7-8-9-10-11-12-14-15-13(3)5-2/h5,14H,2,4,6-12H2,1,3H3. The van der Waals surface area contributed by atoms with Crippen LogP contribution >= 0.6 is 0 Å². The zero-order chi connectivity index (χ0) is 11.4. The zero-order valence-electron chi connectivity index (χ0n) is 10.4. The van der Waals surface area contributed by atoms with Crippen molar-refractivity contribution in [3.8, 4) is 0 Å². The van der Waals surface area contributed by atoms with Crippen LogP contribution in [-0.4, -0.2) is 12.3 Å². The second-order valence-electron chi connectivity index (χ2n) is 3.99. The summed E-state index contributed by atoms with van der Waals surface area (Å²) in [5.74, 6) is 0. The van der Waals surface area contributed by atoms with E-state index in [2.05, 4.69) is 24.0 Å². The fraction of sp³-hybridized carbons (Fsp3) is 0.769. The Morgan fingerprint density at radius 3 is 2.33 bits per heavy atom. The van der Waals surface area contributed by atoms with Gasteiger partial charge in [0.15, 0.2) is 0 Å². The van der Waals surface area contributed by atoms with E-state index in [1.165, 1.54) is 44.9 Å². The van der Waals surface area contributed by atoms with E-state index >= 15 is 0 Å². The van der Waals surface area contributed by atoms with E-state index in [1.807, 2.05) is 6.92 Å². The molecule has 0 amide bonds. The van der Waals surface area contributed by atoms with Gasteiger partial charge >= 0.3 is 0 Å². The number of rotatable bonds is 10. The molecule has 0 saturated carbocycles. The molecule has 0 aliphatic heterocycles. The molecule has 0 aliphatic carbocycles. The van der Waals surface area contributed by atoms with Crippen LogP contribution < -0.4 is 5.43 Å². The van der Waals surface area contributed by atoms with Gasteiger partial charge in [0.1, 0.15) is 0 Å². The fourth-order valence-electron chi connectivity index (χ4n) is 1.39. The van der Waals surface area contributed by atoms with Crippen LogP contribution in [0.5, 0.6) is 0 Å². The lowest BCUT2D eigenvalue weighted by atomic mass is 10.1. The van der Waals surface area contributed by atoms with E-state index < -0.39 is 0 Å². The maximum Gasteiger partial charge on any atom is 0.0566 e. The van der Waals surface area contributed by atoms with Crippen LogP contribution in [0.2, 0.25) is 0 Å². The molecule has 88 valence electrons. The normalized spacial score (nSPS) is 11.5. The Bertz CT molecular complexity index is 173. The predicted molar refractivity (Wildman–Crippen MR) is 69.3 cm³/mol. The van der Waals surface area contributed by atoms with Crippen molar-refractivity contribution in [3.63, 3.8) is 0 Å². The van der Waals surface area contributed by atoms with Gasteiger partial charge in [-0.2, -0.15) is 5.10 Å². The van der Waals surface area contributed by atoms with E-state index in [9.17, 15) is 0 Å². The highest BCUT2D eigenvalue weighted by Gasteiger charge is 1.90. The molecule has 0 aromatic rings. The highest BCUT2D eigenvalue weighted by molar-refractivity contribution is 5.91. The first-order valence-electron chi connectivity index (χ1n) is 6.20. The number of hydrogen-bond acceptors (Lipinski definition) is 2. The highest BCUT2D eigenvalue weighted by Crippen LogP contribution is 2.06. The summed E-state index contributed by atoms with van der Waals surface area (Å²) in [6.07, 6.45) is 11.2. The predicted octanol–water partition coefficient (Wildman–Crippen LogP) is 3.89. The maximum atomic E-state index is 4.14. The van der Waals surface area contributed by atoms with E-state index in [1.54, 1.807) is 6.08 Å². The number of hydrazone groups is 1. The summed E-state index contributed by atoms with van der Waals surface area (Å²) in [5, 5.41) is 4.14. The third-order valence-electron chi connectivity index (χ3n) is 2.44. The first-order valence-corrected chi connectivity index (χ1v) is 6.20. The largest absolute Gasteiger partial charge is 0.310 e. The lowest BCUT2D eigenvalue weighted by Gasteiger charge is -2.01. The summed E-state index contributed by atoms with van der Waals surface area (Å²) >= 11 is 0. The first-order chi connectivity index (χ1) is 7.31. The Hall–Kier alpha value is -0.790. The maximum absolute atomic E-state index is 4.14. The van der Waals surface area contributed by atoms with Crippen molar-refractivity contribution >= 4 is 5.71 Å². The molecule has 0 unspecified atom stereocenters. The molecule has 2 nitrogen and oxygen atoms in total. The van der Waals surface area contributed by atoms with Crippen LogP contribution in [0, 0.1) is 0 Å². The molecule has 0 spiro atoms. The van der Waals surface area contributed by atoms with Crippen LogP contribution in [0.25, 0.3) is 0 Å². The average Bonchev–Trinajstić information content (AvgIpc) is 2.26. The topological polar surface area (TPSA) is 24.4 Å². The minimum absolute atomic E-state index is 0.956. The monoisotopic (exact) mass is 210 g/mol. The first kappa shape index (κ1) is 14.2. The van der Waals surface area contributed by atoms with E-state index in [0.29, 0.717) is 0 Å². The van der Waals surface area contributed by atoms with Gasteiger partial charge < -0.3 is 5.43 Å². The Morgan fingerprint density at radius 1 is 1.13 bits per heavy atom. The molecule has 0 atom stereocenters. The molecule has 0 fully saturated rings. The smallest absolute Gasteiger partial charge is 0.0566 e. The lowest BCUT2D eigenvalue weighted by molar-refractivity contribution is 0.570. The summed E-state index contributed by atoms with van der Waals surface area (Å²) in [6, 6.07) is 0. The molecule has 0 heterocycles. The fourth-order valence-corrected chi connectivity index (χ4v) is 1.39. The minimum atomic E-state index is 0.956. The van der Waals surface area contributed by atoms with Gasteiger partial charge in [0.25, 0.3) is 0 Å². The SMILES string of the molecule is C=CC(C)=NNCCCCCCCCC. The van der Waals surface area contributed by atoms with Gasteiger partial charge in [0, 0.05) is 6.54 Å². The number of nitrogens with zero attached hydrogens (tertiary/aromatic N) is 1. The molecule has 0 aliphatic rings. The Morgan fingerprint density at radius 2 is 1.73 bits per heavy atom. The summed E-state index contributed by atoms with van der Waals surface area (Å²) < 4.78 is 0. The van der Waals surface area contributed by atoms with Crippen LogP contribution in [-0.2, 0) is 0 Å². The quantitative estimate of drug-likeness (QED) is 0.330. The van der Waals surface area contributed by atoms with Gasteiger partial charge in [0.05, 0.1) is 5.71 Å².